The zero-order valence-electron chi connectivity index (χ0n) is 7.93. The Kier molecular flexibility index (Phi) is 2.97. The monoisotopic (exact) mass is 264 g/mol. The second kappa shape index (κ2) is 4.40. The van der Waals surface area contributed by atoms with Crippen LogP contribution in [0.3, 0.4) is 0 Å². The molecule has 1 aromatic carbocycles. The van der Waals surface area contributed by atoms with E-state index in [1.165, 1.54) is 10.7 Å². The maximum absolute atomic E-state index is 11.4. The summed E-state index contributed by atoms with van der Waals surface area (Å²) in [7, 11) is 0. The summed E-state index contributed by atoms with van der Waals surface area (Å²) in [6, 6.07) is 11.0. The van der Waals surface area contributed by atoms with E-state index in [9.17, 15) is 4.79 Å². The second-order valence-corrected chi connectivity index (χ2v) is 4.06. The third-order valence-electron chi connectivity index (χ3n) is 2.03. The quantitative estimate of drug-likeness (QED) is 0.833. The average molecular weight is 265 g/mol. The Hall–Kier alpha value is -1.42. The zero-order valence-corrected chi connectivity index (χ0v) is 9.52. The molecule has 0 fully saturated rings. The van der Waals surface area contributed by atoms with E-state index < -0.39 is 0 Å². The fourth-order valence-corrected chi connectivity index (χ4v) is 1.53. The van der Waals surface area contributed by atoms with E-state index in [2.05, 4.69) is 21.0 Å². The van der Waals surface area contributed by atoms with Gasteiger partial charge in [0.1, 0.15) is 0 Å². The standard InChI is InChI=1S/C11H9BrN2O/c12-10-5-3-9(4-6-10)8-14-11(15)2-1-7-13-14/h1-7H,8H2. The van der Waals surface area contributed by atoms with Crippen molar-refractivity contribution in [3.8, 4) is 0 Å². The van der Waals surface area contributed by atoms with Crippen molar-refractivity contribution in [1.82, 2.24) is 9.78 Å². The Bertz CT molecular complexity index is 504. The zero-order chi connectivity index (χ0) is 10.7. The topological polar surface area (TPSA) is 34.9 Å². The number of aromatic nitrogens is 2. The molecular weight excluding hydrogens is 256 g/mol. The van der Waals surface area contributed by atoms with Gasteiger partial charge < -0.3 is 0 Å². The van der Waals surface area contributed by atoms with Crippen molar-refractivity contribution in [2.24, 2.45) is 0 Å². The number of hydrogen-bond acceptors (Lipinski definition) is 2. The van der Waals surface area contributed by atoms with E-state index in [0.717, 1.165) is 10.0 Å². The van der Waals surface area contributed by atoms with Crippen molar-refractivity contribution < 1.29 is 0 Å². The lowest BCUT2D eigenvalue weighted by atomic mass is 10.2. The van der Waals surface area contributed by atoms with Crippen molar-refractivity contribution >= 4 is 15.9 Å². The maximum Gasteiger partial charge on any atom is 0.267 e. The molecule has 0 amide bonds. The van der Waals surface area contributed by atoms with Gasteiger partial charge in [0.25, 0.3) is 5.56 Å². The highest BCUT2D eigenvalue weighted by Crippen LogP contribution is 2.10. The van der Waals surface area contributed by atoms with Crippen LogP contribution in [0.25, 0.3) is 0 Å². The minimum Gasteiger partial charge on any atom is -0.268 e. The molecule has 4 heteroatoms. The van der Waals surface area contributed by atoms with E-state index in [4.69, 9.17) is 0 Å². The van der Waals surface area contributed by atoms with Crippen LogP contribution in [0.5, 0.6) is 0 Å². The van der Waals surface area contributed by atoms with E-state index in [0.29, 0.717) is 6.54 Å². The van der Waals surface area contributed by atoms with Gasteiger partial charge in [-0.05, 0) is 23.8 Å². The highest BCUT2D eigenvalue weighted by atomic mass is 79.9. The maximum atomic E-state index is 11.4. The molecule has 2 rings (SSSR count). The smallest absolute Gasteiger partial charge is 0.267 e. The van der Waals surface area contributed by atoms with Crippen LogP contribution in [-0.4, -0.2) is 9.78 Å². The minimum absolute atomic E-state index is 0.0829. The molecule has 0 bridgehead atoms. The third-order valence-corrected chi connectivity index (χ3v) is 2.56. The first-order valence-electron chi connectivity index (χ1n) is 4.52. The molecule has 0 radical (unpaired) electrons. The fourth-order valence-electron chi connectivity index (χ4n) is 1.27. The van der Waals surface area contributed by atoms with Crippen LogP contribution >= 0.6 is 15.9 Å². The van der Waals surface area contributed by atoms with Gasteiger partial charge in [-0.1, -0.05) is 28.1 Å². The van der Waals surface area contributed by atoms with Crippen LogP contribution in [-0.2, 0) is 6.54 Å². The average Bonchev–Trinajstić information content (AvgIpc) is 2.25. The van der Waals surface area contributed by atoms with Crippen LogP contribution in [0.1, 0.15) is 5.56 Å². The third kappa shape index (κ3) is 2.53. The second-order valence-electron chi connectivity index (χ2n) is 3.15. The molecule has 0 spiro atoms. The van der Waals surface area contributed by atoms with Crippen molar-refractivity contribution in [3.05, 3.63) is 63.0 Å². The van der Waals surface area contributed by atoms with Gasteiger partial charge in [0.15, 0.2) is 0 Å². The van der Waals surface area contributed by atoms with Crippen LogP contribution in [0.2, 0.25) is 0 Å². The molecule has 76 valence electrons. The van der Waals surface area contributed by atoms with Gasteiger partial charge >= 0.3 is 0 Å². The number of benzene rings is 1. The summed E-state index contributed by atoms with van der Waals surface area (Å²) < 4.78 is 2.46. The summed E-state index contributed by atoms with van der Waals surface area (Å²) in [6.07, 6.45) is 1.61. The normalized spacial score (nSPS) is 10.2. The predicted octanol–water partition coefficient (Wildman–Crippen LogP) is 2.05. The van der Waals surface area contributed by atoms with E-state index in [1.807, 2.05) is 24.3 Å². The first kappa shape index (κ1) is 10.1. The molecule has 0 aliphatic rings. The summed E-state index contributed by atoms with van der Waals surface area (Å²) in [6.45, 7) is 0.507. The Morgan fingerprint density at radius 1 is 1.20 bits per heavy atom. The van der Waals surface area contributed by atoms with E-state index in [1.54, 1.807) is 12.3 Å². The molecule has 0 aliphatic heterocycles. The first-order chi connectivity index (χ1) is 7.25. The molecule has 0 N–H and O–H groups in total. The van der Waals surface area contributed by atoms with E-state index >= 15 is 0 Å². The Balaban J connectivity index is 2.26. The molecule has 0 unspecified atom stereocenters. The number of hydrogen-bond donors (Lipinski definition) is 0. The van der Waals surface area contributed by atoms with Crippen molar-refractivity contribution in [1.29, 1.82) is 0 Å². The Morgan fingerprint density at radius 3 is 2.60 bits per heavy atom. The van der Waals surface area contributed by atoms with Gasteiger partial charge in [-0.25, -0.2) is 4.68 Å². The number of halogens is 1. The molecule has 1 heterocycles. The number of nitrogens with zero attached hydrogens (tertiary/aromatic N) is 2. The molecule has 2 aromatic rings. The summed E-state index contributed by atoms with van der Waals surface area (Å²) in [4.78, 5) is 11.4. The predicted molar refractivity (Wildman–Crippen MR) is 61.7 cm³/mol. The van der Waals surface area contributed by atoms with Crippen molar-refractivity contribution in [3.63, 3.8) is 0 Å². The molecule has 3 nitrogen and oxygen atoms in total. The van der Waals surface area contributed by atoms with Gasteiger partial charge in [-0.2, -0.15) is 5.10 Å². The fraction of sp³-hybridized carbons (Fsp3) is 0.0909. The van der Waals surface area contributed by atoms with Crippen LogP contribution in [0.15, 0.2) is 51.9 Å². The molecule has 0 saturated heterocycles. The molecule has 1 aromatic heterocycles. The van der Waals surface area contributed by atoms with Gasteiger partial charge in [0, 0.05) is 16.7 Å². The van der Waals surface area contributed by atoms with Crippen molar-refractivity contribution in [2.45, 2.75) is 6.54 Å². The lowest BCUT2D eigenvalue weighted by Gasteiger charge is -2.03. The van der Waals surface area contributed by atoms with Crippen LogP contribution in [0.4, 0.5) is 0 Å². The van der Waals surface area contributed by atoms with E-state index in [-0.39, 0.29) is 5.56 Å². The van der Waals surface area contributed by atoms with Gasteiger partial charge in [-0.15, -0.1) is 0 Å². The molecule has 0 aliphatic carbocycles. The number of rotatable bonds is 2. The van der Waals surface area contributed by atoms with Gasteiger partial charge in [0.05, 0.1) is 6.54 Å². The summed E-state index contributed by atoms with van der Waals surface area (Å²) in [5.74, 6) is 0. The SMILES string of the molecule is O=c1cccnn1Cc1ccc(Br)cc1. The van der Waals surface area contributed by atoms with Gasteiger partial charge in [-0.3, -0.25) is 4.79 Å². The largest absolute Gasteiger partial charge is 0.268 e. The molecule has 0 atom stereocenters. The summed E-state index contributed by atoms with van der Waals surface area (Å²) in [5.41, 5.74) is 0.972. The summed E-state index contributed by atoms with van der Waals surface area (Å²) in [5, 5.41) is 3.99. The highest BCUT2D eigenvalue weighted by Gasteiger charge is 1.97. The van der Waals surface area contributed by atoms with Crippen molar-refractivity contribution in [2.75, 3.05) is 0 Å². The summed E-state index contributed by atoms with van der Waals surface area (Å²) >= 11 is 3.36. The Labute approximate surface area is 95.5 Å². The van der Waals surface area contributed by atoms with Gasteiger partial charge in [0.2, 0.25) is 0 Å². The molecule has 15 heavy (non-hydrogen) atoms. The highest BCUT2D eigenvalue weighted by molar-refractivity contribution is 9.10. The molecular formula is C11H9BrN2O. The van der Waals surface area contributed by atoms with Crippen LogP contribution in [0, 0.1) is 0 Å². The molecule has 0 saturated carbocycles. The van der Waals surface area contributed by atoms with Crippen LogP contribution < -0.4 is 5.56 Å². The Morgan fingerprint density at radius 2 is 1.93 bits per heavy atom. The first-order valence-corrected chi connectivity index (χ1v) is 5.31. The lowest BCUT2D eigenvalue weighted by molar-refractivity contribution is 0.639. The minimum atomic E-state index is -0.0829. The lowest BCUT2D eigenvalue weighted by Crippen LogP contribution is -2.21.